The summed E-state index contributed by atoms with van der Waals surface area (Å²) in [6.45, 7) is 3.40. The van der Waals surface area contributed by atoms with Crippen molar-refractivity contribution >= 4 is 22.6 Å². The minimum absolute atomic E-state index is 0.0209. The third-order valence-corrected chi connectivity index (χ3v) is 3.18. The number of aromatic hydroxyl groups is 1. The summed E-state index contributed by atoms with van der Waals surface area (Å²) >= 11 is 0. The van der Waals surface area contributed by atoms with Crippen molar-refractivity contribution in [3.63, 3.8) is 0 Å². The topological polar surface area (TPSA) is 92.4 Å². The zero-order chi connectivity index (χ0) is 15.6. The number of rotatable bonds is 4. The maximum absolute atomic E-state index is 12.3. The first-order chi connectivity index (χ1) is 9.78. The molecule has 0 saturated carbocycles. The molecule has 0 saturated heterocycles. The zero-order valence-electron chi connectivity index (χ0n) is 12.0. The Morgan fingerprint density at radius 1 is 1.19 bits per heavy atom. The number of phenols is 1. The number of amides is 2. The molecule has 110 valence electrons. The molecule has 2 amide bonds. The number of primary amides is 1. The first-order valence-electron chi connectivity index (χ1n) is 6.61. The van der Waals surface area contributed by atoms with E-state index in [1.807, 2.05) is 24.3 Å². The highest BCUT2D eigenvalue weighted by molar-refractivity contribution is 6.02. The summed E-state index contributed by atoms with van der Waals surface area (Å²) in [5.74, 6) is -1.03. The molecule has 21 heavy (non-hydrogen) atoms. The molecule has 4 N–H and O–H groups in total. The molecule has 0 spiro atoms. The van der Waals surface area contributed by atoms with Gasteiger partial charge in [0.15, 0.2) is 0 Å². The molecule has 0 radical (unpaired) electrons. The molecule has 0 heterocycles. The van der Waals surface area contributed by atoms with Crippen molar-refractivity contribution in [2.45, 2.75) is 25.8 Å². The van der Waals surface area contributed by atoms with Crippen molar-refractivity contribution in [1.29, 1.82) is 0 Å². The van der Waals surface area contributed by atoms with E-state index < -0.39 is 17.4 Å². The van der Waals surface area contributed by atoms with Crippen molar-refractivity contribution < 1.29 is 14.7 Å². The van der Waals surface area contributed by atoms with E-state index in [-0.39, 0.29) is 17.7 Å². The van der Waals surface area contributed by atoms with Crippen LogP contribution in [0, 0.1) is 0 Å². The molecule has 0 aliphatic rings. The van der Waals surface area contributed by atoms with E-state index in [9.17, 15) is 14.7 Å². The molecule has 0 aliphatic heterocycles. The van der Waals surface area contributed by atoms with Crippen LogP contribution in [-0.2, 0) is 4.79 Å². The average Bonchev–Trinajstić information content (AvgIpc) is 2.35. The number of carbonyl (C=O) groups excluding carboxylic acids is 2. The van der Waals surface area contributed by atoms with Crippen LogP contribution in [0.2, 0.25) is 0 Å². The highest BCUT2D eigenvalue weighted by Crippen LogP contribution is 2.25. The van der Waals surface area contributed by atoms with Crippen LogP contribution in [0.15, 0.2) is 36.4 Å². The molecule has 0 fully saturated rings. The first-order valence-corrected chi connectivity index (χ1v) is 6.61. The van der Waals surface area contributed by atoms with E-state index >= 15 is 0 Å². The highest BCUT2D eigenvalue weighted by Gasteiger charge is 2.24. The molecular formula is C16H18N2O3. The molecule has 0 bridgehead atoms. The lowest BCUT2D eigenvalue weighted by molar-refractivity contribution is -0.119. The summed E-state index contributed by atoms with van der Waals surface area (Å²) in [4.78, 5) is 23.3. The van der Waals surface area contributed by atoms with E-state index in [0.717, 1.165) is 10.8 Å². The van der Waals surface area contributed by atoms with E-state index in [4.69, 9.17) is 5.73 Å². The molecule has 0 aromatic heterocycles. The van der Waals surface area contributed by atoms with Crippen molar-refractivity contribution in [1.82, 2.24) is 5.32 Å². The lowest BCUT2D eigenvalue weighted by atomic mass is 9.98. The SMILES string of the molecule is CC(C)(CC(N)=O)NC(=O)c1cc2ccccc2cc1O. The largest absolute Gasteiger partial charge is 0.507 e. The van der Waals surface area contributed by atoms with Crippen LogP contribution in [0.1, 0.15) is 30.6 Å². The third-order valence-electron chi connectivity index (χ3n) is 3.18. The van der Waals surface area contributed by atoms with Gasteiger partial charge >= 0.3 is 0 Å². The Morgan fingerprint density at radius 3 is 2.33 bits per heavy atom. The summed E-state index contributed by atoms with van der Waals surface area (Å²) in [5, 5.41) is 14.4. The summed E-state index contributed by atoms with van der Waals surface area (Å²) < 4.78 is 0. The van der Waals surface area contributed by atoms with E-state index in [2.05, 4.69) is 5.32 Å². The minimum atomic E-state index is -0.777. The van der Waals surface area contributed by atoms with Crippen LogP contribution >= 0.6 is 0 Å². The summed E-state index contributed by atoms with van der Waals surface area (Å²) in [5.41, 5.74) is 4.55. The van der Waals surface area contributed by atoms with Crippen molar-refractivity contribution in [2.24, 2.45) is 5.73 Å². The van der Waals surface area contributed by atoms with Crippen LogP contribution < -0.4 is 11.1 Å². The number of nitrogens with one attached hydrogen (secondary N) is 1. The van der Waals surface area contributed by atoms with Gasteiger partial charge in [0.2, 0.25) is 5.91 Å². The van der Waals surface area contributed by atoms with E-state index in [1.54, 1.807) is 26.0 Å². The van der Waals surface area contributed by atoms with Crippen LogP contribution in [0.25, 0.3) is 10.8 Å². The second-order valence-electron chi connectivity index (χ2n) is 5.70. The van der Waals surface area contributed by atoms with Gasteiger partial charge in [0.25, 0.3) is 5.91 Å². The van der Waals surface area contributed by atoms with Gasteiger partial charge in [-0.2, -0.15) is 0 Å². The van der Waals surface area contributed by atoms with Gasteiger partial charge in [-0.25, -0.2) is 0 Å². The number of hydrogen-bond acceptors (Lipinski definition) is 3. The number of nitrogens with two attached hydrogens (primary N) is 1. The van der Waals surface area contributed by atoms with Gasteiger partial charge in [-0.1, -0.05) is 24.3 Å². The zero-order valence-corrected chi connectivity index (χ0v) is 12.0. The standard InChI is InChI=1S/C16H18N2O3/c1-16(2,9-14(17)20)18-15(21)12-7-10-5-3-4-6-11(10)8-13(12)19/h3-8,19H,9H2,1-2H3,(H2,17,20)(H,18,21). The van der Waals surface area contributed by atoms with Crippen LogP contribution in [-0.4, -0.2) is 22.5 Å². The fourth-order valence-electron chi connectivity index (χ4n) is 2.26. The number of fused-ring (bicyclic) bond motifs is 1. The summed E-state index contributed by atoms with van der Waals surface area (Å²) in [6, 6.07) is 10.6. The second kappa shape index (κ2) is 5.44. The molecule has 2 aromatic rings. The quantitative estimate of drug-likeness (QED) is 0.801. The van der Waals surface area contributed by atoms with Crippen LogP contribution in [0.5, 0.6) is 5.75 Å². The predicted octanol–water partition coefficient (Wildman–Crippen LogP) is 1.93. The van der Waals surface area contributed by atoms with Crippen LogP contribution in [0.3, 0.4) is 0 Å². The van der Waals surface area contributed by atoms with Crippen molar-refractivity contribution in [3.8, 4) is 5.75 Å². The molecule has 0 atom stereocenters. The number of carbonyl (C=O) groups is 2. The van der Waals surface area contributed by atoms with Gasteiger partial charge in [0.05, 0.1) is 5.56 Å². The second-order valence-corrected chi connectivity index (χ2v) is 5.70. The van der Waals surface area contributed by atoms with E-state index in [0.29, 0.717) is 0 Å². The summed E-state index contributed by atoms with van der Waals surface area (Å²) in [7, 11) is 0. The average molecular weight is 286 g/mol. The predicted molar refractivity (Wildman–Crippen MR) is 81.0 cm³/mol. The van der Waals surface area contributed by atoms with E-state index in [1.165, 1.54) is 0 Å². The Labute approximate surface area is 122 Å². The number of phenolic OH excluding ortho intramolecular Hbond substituents is 1. The Balaban J connectivity index is 2.31. The Hall–Kier alpha value is -2.56. The molecular weight excluding hydrogens is 268 g/mol. The molecule has 5 heteroatoms. The highest BCUT2D eigenvalue weighted by atomic mass is 16.3. The lowest BCUT2D eigenvalue weighted by Gasteiger charge is -2.25. The monoisotopic (exact) mass is 286 g/mol. The van der Waals surface area contributed by atoms with Gasteiger partial charge in [-0.3, -0.25) is 9.59 Å². The minimum Gasteiger partial charge on any atom is -0.507 e. The van der Waals surface area contributed by atoms with Gasteiger partial charge in [-0.05, 0) is 36.8 Å². The third kappa shape index (κ3) is 3.51. The fourth-order valence-corrected chi connectivity index (χ4v) is 2.26. The normalized spacial score (nSPS) is 11.3. The molecule has 0 aliphatic carbocycles. The smallest absolute Gasteiger partial charge is 0.255 e. The van der Waals surface area contributed by atoms with Crippen molar-refractivity contribution in [2.75, 3.05) is 0 Å². The van der Waals surface area contributed by atoms with Gasteiger partial charge < -0.3 is 16.2 Å². The maximum atomic E-state index is 12.3. The Morgan fingerprint density at radius 2 is 1.76 bits per heavy atom. The molecule has 2 aromatic carbocycles. The molecule has 2 rings (SSSR count). The fraction of sp³-hybridized carbons (Fsp3) is 0.250. The molecule has 0 unspecified atom stereocenters. The van der Waals surface area contributed by atoms with Gasteiger partial charge in [0, 0.05) is 12.0 Å². The van der Waals surface area contributed by atoms with Gasteiger partial charge in [0.1, 0.15) is 5.75 Å². The number of hydrogen-bond donors (Lipinski definition) is 3. The maximum Gasteiger partial charge on any atom is 0.255 e. The van der Waals surface area contributed by atoms with Crippen molar-refractivity contribution in [3.05, 3.63) is 42.0 Å². The lowest BCUT2D eigenvalue weighted by Crippen LogP contribution is -2.46. The van der Waals surface area contributed by atoms with Crippen LogP contribution in [0.4, 0.5) is 0 Å². The van der Waals surface area contributed by atoms with Gasteiger partial charge in [-0.15, -0.1) is 0 Å². The molecule has 5 nitrogen and oxygen atoms in total. The Bertz CT molecular complexity index is 708. The summed E-state index contributed by atoms with van der Waals surface area (Å²) in [6.07, 6.45) is 0.0209. The Kier molecular flexibility index (Phi) is 3.84. The number of benzene rings is 2. The first kappa shape index (κ1) is 14.8.